The minimum absolute atomic E-state index is 0.00786. The predicted octanol–water partition coefficient (Wildman–Crippen LogP) is 15.3. The summed E-state index contributed by atoms with van der Waals surface area (Å²) >= 11 is 1.68. The lowest BCUT2D eigenvalue weighted by Gasteiger charge is -2.17. The van der Waals surface area contributed by atoms with Gasteiger partial charge < -0.3 is 4.57 Å². The van der Waals surface area contributed by atoms with Crippen molar-refractivity contribution in [1.82, 2.24) is 19.5 Å². The van der Waals surface area contributed by atoms with Crippen LogP contribution in [0, 0.1) is 0 Å². The fraction of sp³-hybridized carbons (Fsp3) is 0. The summed E-state index contributed by atoms with van der Waals surface area (Å²) < 4.78 is 76.1. The maximum absolute atomic E-state index is 9.41. The van der Waals surface area contributed by atoms with Crippen LogP contribution in [0.25, 0.3) is 115 Å². The van der Waals surface area contributed by atoms with Crippen molar-refractivity contribution in [2.75, 3.05) is 0 Å². The van der Waals surface area contributed by atoms with E-state index in [1.807, 2.05) is 109 Å². The first-order valence-electron chi connectivity index (χ1n) is 24.2. The zero-order valence-electron chi connectivity index (χ0n) is 40.9. The second-order valence-electron chi connectivity index (χ2n) is 15.0. The van der Waals surface area contributed by atoms with Crippen LogP contribution in [0.1, 0.15) is 11.0 Å². The molecular weight excluding hydrogens is 773 g/mol. The van der Waals surface area contributed by atoms with Crippen molar-refractivity contribution in [3.63, 3.8) is 0 Å². The number of fused-ring (bicyclic) bond motifs is 6. The number of hydrogen-bond donors (Lipinski definition) is 0. The lowest BCUT2D eigenvalue weighted by atomic mass is 9.92. The Balaban J connectivity index is 1.22. The van der Waals surface area contributed by atoms with E-state index in [2.05, 4.69) is 60.7 Å². The van der Waals surface area contributed by atoms with Crippen LogP contribution < -0.4 is 0 Å². The molecule has 0 aliphatic rings. The molecule has 290 valence electrons. The lowest BCUT2D eigenvalue weighted by molar-refractivity contribution is 1.07. The van der Waals surface area contributed by atoms with Gasteiger partial charge in [-0.2, -0.15) is 0 Å². The molecule has 0 saturated carbocycles. The highest BCUT2D eigenvalue weighted by Crippen LogP contribution is 2.42. The van der Waals surface area contributed by atoms with Gasteiger partial charge in [0.05, 0.1) is 27.7 Å². The number of para-hydroxylation sites is 2. The van der Waals surface area contributed by atoms with Gasteiger partial charge in [-0.25, -0.2) is 15.0 Å². The molecule has 0 atom stereocenters. The van der Waals surface area contributed by atoms with Crippen LogP contribution in [0.5, 0.6) is 0 Å². The zero-order chi connectivity index (χ0) is 47.9. The van der Waals surface area contributed by atoms with Crippen LogP contribution in [0.15, 0.2) is 218 Å². The summed E-state index contributed by atoms with van der Waals surface area (Å²) in [6.45, 7) is 0. The Morgan fingerprint density at radius 1 is 0.371 bits per heavy atom. The maximum atomic E-state index is 9.41. The van der Waals surface area contributed by atoms with E-state index in [0.717, 1.165) is 64.7 Å². The van der Waals surface area contributed by atoms with Gasteiger partial charge in [-0.3, -0.25) is 0 Å². The van der Waals surface area contributed by atoms with Gasteiger partial charge in [-0.15, -0.1) is 11.3 Å². The number of nitrogens with zero attached hydrogens (tertiary/aromatic N) is 4. The molecule has 12 aromatic rings. The summed E-state index contributed by atoms with van der Waals surface area (Å²) in [7, 11) is 0. The van der Waals surface area contributed by atoms with E-state index in [1.165, 1.54) is 4.57 Å². The number of rotatable bonds is 7. The number of hydrogen-bond acceptors (Lipinski definition) is 4. The molecule has 0 unspecified atom stereocenters. The average Bonchev–Trinajstić information content (AvgIpc) is 3.98. The highest BCUT2D eigenvalue weighted by molar-refractivity contribution is 7.25. The van der Waals surface area contributed by atoms with E-state index < -0.39 is 48.3 Å². The van der Waals surface area contributed by atoms with Crippen LogP contribution in [0.4, 0.5) is 0 Å². The summed E-state index contributed by atoms with van der Waals surface area (Å²) in [6, 6.07) is 52.7. The Morgan fingerprint density at radius 2 is 0.887 bits per heavy atom. The largest absolute Gasteiger partial charge is 0.309 e. The molecule has 0 N–H and O–H groups in total. The highest BCUT2D eigenvalue weighted by atomic mass is 32.1. The molecule has 3 heterocycles. The van der Waals surface area contributed by atoms with Crippen molar-refractivity contribution in [3.05, 3.63) is 218 Å². The second kappa shape index (κ2) is 14.9. The Labute approximate surface area is 374 Å². The molecule has 3 aromatic heterocycles. The quantitative estimate of drug-likeness (QED) is 0.161. The van der Waals surface area contributed by atoms with Gasteiger partial charge >= 0.3 is 0 Å². The molecule has 0 aliphatic carbocycles. The summed E-state index contributed by atoms with van der Waals surface area (Å²) in [5.74, 6) is 1.02. The second-order valence-corrected chi connectivity index (χ2v) is 16.1. The van der Waals surface area contributed by atoms with Gasteiger partial charge in [-0.1, -0.05) is 164 Å². The molecule has 0 amide bonds. The molecule has 4 nitrogen and oxygen atoms in total. The lowest BCUT2D eigenvalue weighted by Crippen LogP contribution is -2.04. The van der Waals surface area contributed by atoms with Crippen molar-refractivity contribution in [2.24, 2.45) is 0 Å². The van der Waals surface area contributed by atoms with E-state index in [0.29, 0.717) is 22.9 Å². The fourth-order valence-electron chi connectivity index (χ4n) is 8.43. The number of benzene rings is 9. The van der Waals surface area contributed by atoms with Crippen LogP contribution >= 0.6 is 11.3 Å². The minimum atomic E-state index is -0.517. The zero-order valence-corrected chi connectivity index (χ0v) is 33.7. The number of aromatic nitrogens is 4. The van der Waals surface area contributed by atoms with Gasteiger partial charge in [0, 0.05) is 47.6 Å². The molecule has 12 rings (SSSR count). The minimum Gasteiger partial charge on any atom is -0.309 e. The first kappa shape index (κ1) is 28.5. The third kappa shape index (κ3) is 6.18. The van der Waals surface area contributed by atoms with Gasteiger partial charge in [0.1, 0.15) is 0 Å². The Bertz CT molecular complexity index is 3970. The van der Waals surface area contributed by atoms with Crippen LogP contribution in [0.2, 0.25) is 0 Å². The third-order valence-electron chi connectivity index (χ3n) is 11.3. The van der Waals surface area contributed by atoms with Gasteiger partial charge in [0.2, 0.25) is 0 Å². The van der Waals surface area contributed by atoms with E-state index in [9.17, 15) is 5.48 Å². The average molecular weight is 817 g/mol. The Hall–Kier alpha value is -7.99. The molecule has 0 saturated heterocycles. The van der Waals surface area contributed by atoms with E-state index in [-0.39, 0.29) is 27.6 Å². The first-order chi connectivity index (χ1) is 34.0. The highest BCUT2D eigenvalue weighted by Gasteiger charge is 2.22. The third-order valence-corrected chi connectivity index (χ3v) is 12.4. The topological polar surface area (TPSA) is 43.6 Å². The van der Waals surface area contributed by atoms with Crippen molar-refractivity contribution < 1.29 is 11.0 Å². The molecule has 62 heavy (non-hydrogen) atoms. The predicted molar refractivity (Wildman–Crippen MR) is 260 cm³/mol. The fourth-order valence-corrected chi connectivity index (χ4v) is 9.57. The normalized spacial score (nSPS) is 13.4. The van der Waals surface area contributed by atoms with Gasteiger partial charge in [0.15, 0.2) is 17.5 Å². The molecule has 0 radical (unpaired) electrons. The molecule has 0 fully saturated rings. The van der Waals surface area contributed by atoms with E-state index in [1.54, 1.807) is 11.3 Å². The van der Waals surface area contributed by atoms with Crippen LogP contribution in [0.3, 0.4) is 0 Å². The van der Waals surface area contributed by atoms with Crippen molar-refractivity contribution >= 4 is 53.3 Å². The number of thiophene rings is 1. The van der Waals surface area contributed by atoms with Gasteiger partial charge in [-0.05, 0) is 87.9 Å². The summed E-state index contributed by atoms with van der Waals surface area (Å²) in [4.78, 5) is 15.7. The monoisotopic (exact) mass is 816 g/mol. The standard InChI is InChI=1S/C57H36N4S/c1-4-17-37(18-5-1)41-33-42(38-19-6-2-7-20-38)35-43(34-41)40-31-32-51(61-49-27-13-10-23-44(49)45-24-11-14-28-50(45)61)48(36-40)57-59-55(39-21-8-3-9-22-39)58-56(60-57)47-26-16-30-53-54(47)46-25-12-15-29-52(46)62-53/h1-36H/i10D,11D,13D,14D,23D,24D,27D,28D. The van der Waals surface area contributed by atoms with Crippen LogP contribution in [-0.2, 0) is 0 Å². The van der Waals surface area contributed by atoms with Crippen molar-refractivity contribution in [3.8, 4) is 73.2 Å². The van der Waals surface area contributed by atoms with E-state index >= 15 is 0 Å². The molecule has 0 aliphatic heterocycles. The SMILES string of the molecule is [2H]c1c([2H])c([2H])c2c(c1[2H])c1c([2H])c([2H])c([2H])c([2H])c1n2-c1ccc(-c2cc(-c3ccccc3)cc(-c3ccccc3)c2)cc1-c1nc(-c2ccccc2)nc(-c2cccc3sc4ccccc4c23)n1. The summed E-state index contributed by atoms with van der Waals surface area (Å²) in [6.07, 6.45) is 0. The smallest absolute Gasteiger partial charge is 0.166 e. The Morgan fingerprint density at radius 3 is 1.53 bits per heavy atom. The molecule has 0 spiro atoms. The molecule has 5 heteroatoms. The molecule has 0 bridgehead atoms. The maximum Gasteiger partial charge on any atom is 0.166 e. The van der Waals surface area contributed by atoms with Crippen molar-refractivity contribution in [1.29, 1.82) is 0 Å². The van der Waals surface area contributed by atoms with Crippen molar-refractivity contribution in [2.45, 2.75) is 0 Å². The van der Waals surface area contributed by atoms with E-state index in [4.69, 9.17) is 20.4 Å². The van der Waals surface area contributed by atoms with Gasteiger partial charge in [0.25, 0.3) is 0 Å². The molecule has 9 aromatic carbocycles. The first-order valence-corrected chi connectivity index (χ1v) is 21.0. The summed E-state index contributed by atoms with van der Waals surface area (Å²) in [5.41, 5.74) is 7.92. The Kier molecular flexibility index (Phi) is 6.86. The summed E-state index contributed by atoms with van der Waals surface area (Å²) in [5, 5.41) is 2.01. The molecular formula is C57H36N4S. The van der Waals surface area contributed by atoms with Crippen LogP contribution in [-0.4, -0.2) is 19.5 Å².